The highest BCUT2D eigenvalue weighted by molar-refractivity contribution is 7.56. The lowest BCUT2D eigenvalue weighted by atomic mass is 9.91. The Morgan fingerprint density at radius 3 is 1.61 bits per heavy atom. The summed E-state index contributed by atoms with van der Waals surface area (Å²) in [4.78, 5) is 15.0. The Kier molecular flexibility index (Phi) is 14.0. The van der Waals surface area contributed by atoms with Gasteiger partial charge in [0.15, 0.2) is 5.78 Å². The van der Waals surface area contributed by atoms with E-state index in [1.54, 1.807) is 13.8 Å². The van der Waals surface area contributed by atoms with Crippen molar-refractivity contribution in [3.63, 3.8) is 0 Å². The lowest BCUT2D eigenvalue weighted by molar-refractivity contribution is 0.0975. The minimum atomic E-state index is -3.92. The van der Waals surface area contributed by atoms with Gasteiger partial charge < -0.3 is 17.9 Å². The lowest BCUT2D eigenvalue weighted by Crippen LogP contribution is -2.51. The maximum Gasteiger partial charge on any atom is 0.342 e. The zero-order valence-electron chi connectivity index (χ0n) is 33.0. The highest BCUT2D eigenvalue weighted by Gasteiger charge is 2.56. The smallest absolute Gasteiger partial charge is 0.342 e. The third kappa shape index (κ3) is 7.94. The molecule has 0 saturated heterocycles. The zero-order chi connectivity index (χ0) is 37.1. The van der Waals surface area contributed by atoms with Gasteiger partial charge >= 0.3 is 7.60 Å². The molecule has 0 aliphatic heterocycles. The normalized spacial score (nSPS) is 17.7. The molecule has 0 amide bonds. The van der Waals surface area contributed by atoms with Crippen LogP contribution in [-0.2, 0) is 13.6 Å². The minimum Gasteiger partial charge on any atom is -0.543 e. The quantitative estimate of drug-likeness (QED) is 0.119. The first-order chi connectivity index (χ1) is 22.8. The molecule has 0 fully saturated rings. The summed E-state index contributed by atoms with van der Waals surface area (Å²) in [5.74, 6) is 0.528. The fraction of sp³-hybridized carbons (Fsp3) is 0.625. The molecule has 0 N–H and O–H groups in total. The number of carbonyl (C=O) groups excluding carboxylic acids is 1. The maximum atomic E-state index is 15.0. The summed E-state index contributed by atoms with van der Waals surface area (Å²) >= 11 is 0. The monoisotopic (exact) mass is 728 g/mol. The van der Waals surface area contributed by atoms with E-state index in [1.807, 2.05) is 43.3 Å². The molecule has 0 spiro atoms. The largest absolute Gasteiger partial charge is 0.543 e. The van der Waals surface area contributed by atoms with Crippen LogP contribution in [0.2, 0.25) is 33.2 Å². The molecular weight excluding hydrogens is 664 g/mol. The van der Waals surface area contributed by atoms with Gasteiger partial charge in [-0.2, -0.15) is 0 Å². The van der Waals surface area contributed by atoms with Gasteiger partial charge in [-0.25, -0.2) is 0 Å². The van der Waals surface area contributed by atoms with E-state index in [0.717, 1.165) is 16.7 Å². The summed E-state index contributed by atoms with van der Waals surface area (Å²) in [5, 5.41) is 0. The molecule has 49 heavy (non-hydrogen) atoms. The molecule has 9 heteroatoms. The standard InChI is InChI=1S/C40H65O6PSi2/c1-16-43-47(42,44-17-2)40-37(32(15)23-33-21-19-18-20-22-33)38-35(39(40)41)24-34(45-48(26(3)4,27(5)6)28(7)8)25-36(38)46-49(29(9)10,30(11)12)31(13)14/h18-31,37,40H,16-17H2,1-15H3/b32-23+. The van der Waals surface area contributed by atoms with E-state index in [-0.39, 0.29) is 19.0 Å². The average Bonchev–Trinajstić information content (AvgIpc) is 3.31. The van der Waals surface area contributed by atoms with Crippen LogP contribution in [0.1, 0.15) is 131 Å². The van der Waals surface area contributed by atoms with Crippen molar-refractivity contribution < 1.29 is 27.3 Å². The first kappa shape index (κ1) is 41.5. The van der Waals surface area contributed by atoms with Crippen molar-refractivity contribution in [3.05, 3.63) is 64.7 Å². The van der Waals surface area contributed by atoms with Gasteiger partial charge in [-0.1, -0.05) is 125 Å². The second kappa shape index (κ2) is 16.6. The molecule has 0 bridgehead atoms. The Hall–Kier alpha value is -1.97. The lowest BCUT2D eigenvalue weighted by Gasteiger charge is -2.44. The van der Waals surface area contributed by atoms with E-state index in [2.05, 4.69) is 95.2 Å². The number of benzene rings is 2. The molecule has 2 aromatic carbocycles. The van der Waals surface area contributed by atoms with Crippen LogP contribution < -0.4 is 8.85 Å². The summed E-state index contributed by atoms with van der Waals surface area (Å²) < 4.78 is 41.6. The Morgan fingerprint density at radius 1 is 0.735 bits per heavy atom. The summed E-state index contributed by atoms with van der Waals surface area (Å²) in [6.45, 7) is 33.1. The molecule has 2 unspecified atom stereocenters. The van der Waals surface area contributed by atoms with Gasteiger partial charge in [0, 0.05) is 23.1 Å². The summed E-state index contributed by atoms with van der Waals surface area (Å²) in [6.07, 6.45) is 2.09. The number of ketones is 1. The second-order valence-electron chi connectivity index (χ2n) is 15.7. The molecule has 1 aliphatic carbocycles. The molecular formula is C40H65O6PSi2. The van der Waals surface area contributed by atoms with Crippen molar-refractivity contribution in [1.29, 1.82) is 0 Å². The van der Waals surface area contributed by atoms with Crippen LogP contribution in [0.4, 0.5) is 0 Å². The van der Waals surface area contributed by atoms with Crippen LogP contribution in [0.15, 0.2) is 48.0 Å². The van der Waals surface area contributed by atoms with Gasteiger partial charge in [0.1, 0.15) is 17.2 Å². The molecule has 0 aromatic heterocycles. The second-order valence-corrected chi connectivity index (χ2v) is 28.6. The van der Waals surface area contributed by atoms with Crippen LogP contribution in [0, 0.1) is 0 Å². The van der Waals surface area contributed by atoms with Gasteiger partial charge in [0.2, 0.25) is 0 Å². The minimum absolute atomic E-state index is 0.165. The Morgan fingerprint density at radius 2 is 1.18 bits per heavy atom. The van der Waals surface area contributed by atoms with Crippen molar-refractivity contribution in [2.24, 2.45) is 0 Å². The van der Waals surface area contributed by atoms with Crippen LogP contribution in [0.25, 0.3) is 6.08 Å². The number of Topliss-reactive ketones (excluding diaryl/α,β-unsaturated/α-hetero) is 1. The van der Waals surface area contributed by atoms with Crippen molar-refractivity contribution >= 4 is 36.1 Å². The van der Waals surface area contributed by atoms with Crippen molar-refractivity contribution in [3.8, 4) is 11.5 Å². The zero-order valence-corrected chi connectivity index (χ0v) is 35.9. The van der Waals surface area contributed by atoms with Crippen molar-refractivity contribution in [2.45, 2.75) is 149 Å². The fourth-order valence-corrected chi connectivity index (χ4v) is 21.9. The van der Waals surface area contributed by atoms with Crippen LogP contribution in [0.5, 0.6) is 11.5 Å². The van der Waals surface area contributed by atoms with Crippen molar-refractivity contribution in [2.75, 3.05) is 13.2 Å². The molecule has 3 rings (SSSR count). The highest BCUT2D eigenvalue weighted by Crippen LogP contribution is 2.64. The van der Waals surface area contributed by atoms with Gasteiger partial charge in [0.05, 0.1) is 13.2 Å². The molecule has 0 heterocycles. The summed E-state index contributed by atoms with van der Waals surface area (Å²) in [5.41, 5.74) is 4.05. The molecule has 0 radical (unpaired) electrons. The Labute approximate surface area is 300 Å². The molecule has 2 aromatic rings. The number of rotatable bonds is 17. The number of hydrogen-bond donors (Lipinski definition) is 0. The van der Waals surface area contributed by atoms with Gasteiger partial charge in [-0.3, -0.25) is 9.36 Å². The number of carbonyl (C=O) groups is 1. The molecule has 0 saturated carbocycles. The number of allylic oxidation sites excluding steroid dienone is 1. The van der Waals surface area contributed by atoms with E-state index >= 15 is 0 Å². The predicted octanol–water partition coefficient (Wildman–Crippen LogP) is 12.8. The maximum absolute atomic E-state index is 15.0. The van der Waals surface area contributed by atoms with Crippen LogP contribution in [-0.4, -0.2) is 41.3 Å². The molecule has 1 aliphatic rings. The first-order valence-electron chi connectivity index (χ1n) is 18.6. The van der Waals surface area contributed by atoms with E-state index in [0.29, 0.717) is 50.3 Å². The third-order valence-electron chi connectivity index (χ3n) is 10.9. The molecule has 6 nitrogen and oxygen atoms in total. The molecule has 274 valence electrons. The van der Waals surface area contributed by atoms with Gasteiger partial charge in [0.25, 0.3) is 16.6 Å². The Bertz CT molecular complexity index is 1440. The highest BCUT2D eigenvalue weighted by atomic mass is 31.2. The summed E-state index contributed by atoms with van der Waals surface area (Å²) in [6, 6.07) is 14.0. The SMILES string of the molecule is CCOP(=O)(OCC)C1C(=O)c2cc(O[Si](C(C)C)(C(C)C)C(C)C)cc(O[Si](C(C)C)(C(C)C)C(C)C)c2C1/C(C)=C/c1ccccc1. The van der Waals surface area contributed by atoms with E-state index < -0.39 is 35.8 Å². The van der Waals surface area contributed by atoms with Crippen molar-refractivity contribution in [1.82, 2.24) is 0 Å². The predicted molar refractivity (Wildman–Crippen MR) is 212 cm³/mol. The molecule has 2 atom stereocenters. The van der Waals surface area contributed by atoms with E-state index in [1.165, 1.54) is 0 Å². The number of fused-ring (bicyclic) bond motifs is 1. The average molecular weight is 729 g/mol. The van der Waals surface area contributed by atoms with E-state index in [4.69, 9.17) is 17.9 Å². The number of hydrogen-bond acceptors (Lipinski definition) is 6. The first-order valence-corrected chi connectivity index (χ1v) is 24.5. The fourth-order valence-electron chi connectivity index (χ4n) is 9.10. The van der Waals surface area contributed by atoms with Crippen LogP contribution >= 0.6 is 7.60 Å². The van der Waals surface area contributed by atoms with Gasteiger partial charge in [-0.15, -0.1) is 0 Å². The summed E-state index contributed by atoms with van der Waals surface area (Å²) in [7, 11) is -8.85. The Balaban J connectivity index is 2.51. The third-order valence-corrected chi connectivity index (χ3v) is 25.4. The van der Waals surface area contributed by atoms with Gasteiger partial charge in [-0.05, 0) is 65.6 Å². The van der Waals surface area contributed by atoms with E-state index in [9.17, 15) is 9.36 Å². The topological polar surface area (TPSA) is 71.1 Å². The van der Waals surface area contributed by atoms with Crippen LogP contribution in [0.3, 0.4) is 0 Å².